The zero-order valence-corrected chi connectivity index (χ0v) is 16.8. The highest BCUT2D eigenvalue weighted by Gasteiger charge is 2.39. The monoisotopic (exact) mass is 454 g/mol. The third-order valence-electron chi connectivity index (χ3n) is 4.36. The van der Waals surface area contributed by atoms with Crippen LogP contribution in [0.25, 0.3) is 0 Å². The molecule has 2 aliphatic rings. The summed E-state index contributed by atoms with van der Waals surface area (Å²) in [6.07, 6.45) is 1.41. The van der Waals surface area contributed by atoms with Gasteiger partial charge in [0.05, 0.1) is 26.7 Å². The van der Waals surface area contributed by atoms with Gasteiger partial charge in [0.15, 0.2) is 0 Å². The van der Waals surface area contributed by atoms with Crippen molar-refractivity contribution in [2.45, 2.75) is 23.8 Å². The molecule has 11 heteroatoms. The molecule has 4 rings (SSSR count). The minimum atomic E-state index is -3.99. The van der Waals surface area contributed by atoms with Crippen molar-refractivity contribution in [3.8, 4) is 0 Å². The van der Waals surface area contributed by atoms with Crippen molar-refractivity contribution >= 4 is 51.0 Å². The van der Waals surface area contributed by atoms with Crippen LogP contribution in [0.3, 0.4) is 0 Å². The van der Waals surface area contributed by atoms with Gasteiger partial charge in [-0.05, 0) is 37.1 Å². The molecule has 1 heterocycles. The molecule has 8 nitrogen and oxygen atoms in total. The van der Waals surface area contributed by atoms with E-state index in [0.717, 1.165) is 12.1 Å². The molecule has 2 amide bonds. The number of halogens is 2. The molecular formula is C18H12Cl2N2O6S. The normalized spacial score (nSPS) is 16.1. The summed E-state index contributed by atoms with van der Waals surface area (Å²) in [5.74, 6) is -2.80. The summed E-state index contributed by atoms with van der Waals surface area (Å²) < 4.78 is 27.4. The number of carbonyl (C=O) groups is 3. The number of hydroxylamine groups is 2. The lowest BCUT2D eigenvalue weighted by Gasteiger charge is -2.15. The SMILES string of the molecule is O=C(ON1C(=O)c2ccccc2C1=O)c1cc(S(=O)(=O)NC2CC2)c(Cl)cc1Cl. The maximum Gasteiger partial charge on any atom is 0.365 e. The zero-order chi connectivity index (χ0) is 20.9. The average molecular weight is 455 g/mol. The fraction of sp³-hybridized carbons (Fsp3) is 0.167. The Kier molecular flexibility index (Phi) is 4.86. The lowest BCUT2D eigenvalue weighted by molar-refractivity contribution is -0.0584. The van der Waals surface area contributed by atoms with Gasteiger partial charge in [-0.15, -0.1) is 0 Å². The van der Waals surface area contributed by atoms with Crippen LogP contribution in [0.15, 0.2) is 41.3 Å². The summed E-state index contributed by atoms with van der Waals surface area (Å²) in [6.45, 7) is 0. The molecule has 0 aromatic heterocycles. The molecule has 1 aliphatic carbocycles. The number of hydrogen-bond donors (Lipinski definition) is 1. The minimum Gasteiger partial charge on any atom is -0.324 e. The quantitative estimate of drug-likeness (QED) is 0.695. The Bertz CT molecular complexity index is 1140. The second-order valence-corrected chi connectivity index (χ2v) is 8.98. The van der Waals surface area contributed by atoms with Crippen molar-refractivity contribution in [3.05, 3.63) is 63.1 Å². The van der Waals surface area contributed by atoms with Gasteiger partial charge in [0.2, 0.25) is 10.0 Å². The van der Waals surface area contributed by atoms with Gasteiger partial charge in [0.1, 0.15) is 4.90 Å². The molecule has 0 saturated heterocycles. The Hall–Kier alpha value is -2.46. The Morgan fingerprint density at radius 2 is 1.62 bits per heavy atom. The molecule has 0 spiro atoms. The second-order valence-electron chi connectivity index (χ2n) is 6.49. The molecule has 0 bridgehead atoms. The van der Waals surface area contributed by atoms with E-state index in [1.165, 1.54) is 12.1 Å². The van der Waals surface area contributed by atoms with Crippen LogP contribution >= 0.6 is 23.2 Å². The highest BCUT2D eigenvalue weighted by molar-refractivity contribution is 7.89. The van der Waals surface area contributed by atoms with E-state index in [4.69, 9.17) is 28.0 Å². The first kappa shape index (κ1) is 19.8. The van der Waals surface area contributed by atoms with Crippen molar-refractivity contribution in [1.82, 2.24) is 9.79 Å². The topological polar surface area (TPSA) is 110 Å². The Balaban J connectivity index is 1.63. The van der Waals surface area contributed by atoms with Gasteiger partial charge in [-0.25, -0.2) is 17.9 Å². The first-order chi connectivity index (χ1) is 13.7. The highest BCUT2D eigenvalue weighted by atomic mass is 35.5. The summed E-state index contributed by atoms with van der Waals surface area (Å²) in [4.78, 5) is 41.8. The lowest BCUT2D eigenvalue weighted by atomic mass is 10.1. The third-order valence-corrected chi connectivity index (χ3v) is 6.66. The second kappa shape index (κ2) is 7.10. The first-order valence-electron chi connectivity index (χ1n) is 8.40. The average Bonchev–Trinajstić information content (AvgIpc) is 3.44. The molecule has 2 aromatic rings. The first-order valence-corrected chi connectivity index (χ1v) is 10.6. The van der Waals surface area contributed by atoms with Gasteiger partial charge in [0.25, 0.3) is 11.8 Å². The molecule has 1 aliphatic heterocycles. The minimum absolute atomic E-state index is 0.0874. The molecule has 0 atom stereocenters. The van der Waals surface area contributed by atoms with Crippen LogP contribution in [-0.2, 0) is 14.9 Å². The van der Waals surface area contributed by atoms with E-state index in [1.807, 2.05) is 0 Å². The van der Waals surface area contributed by atoms with Crippen LogP contribution in [0, 0.1) is 0 Å². The fourth-order valence-corrected chi connectivity index (χ4v) is 4.91. The van der Waals surface area contributed by atoms with Crippen molar-refractivity contribution < 1.29 is 27.6 Å². The predicted octanol–water partition coefficient (Wildman–Crippen LogP) is 2.80. The number of hydrogen-bond acceptors (Lipinski definition) is 6. The number of nitrogens with zero attached hydrogens (tertiary/aromatic N) is 1. The predicted molar refractivity (Wildman–Crippen MR) is 102 cm³/mol. The summed E-state index contributed by atoms with van der Waals surface area (Å²) in [5, 5.41) is -0.0587. The van der Waals surface area contributed by atoms with E-state index >= 15 is 0 Å². The van der Waals surface area contributed by atoms with Crippen molar-refractivity contribution in [2.75, 3.05) is 0 Å². The van der Waals surface area contributed by atoms with E-state index in [0.29, 0.717) is 17.9 Å². The van der Waals surface area contributed by atoms with Gasteiger partial charge in [0, 0.05) is 6.04 Å². The molecule has 29 heavy (non-hydrogen) atoms. The van der Waals surface area contributed by atoms with Gasteiger partial charge >= 0.3 is 5.97 Å². The smallest absolute Gasteiger partial charge is 0.324 e. The number of sulfonamides is 1. The molecule has 0 unspecified atom stereocenters. The maximum atomic E-state index is 12.6. The van der Waals surface area contributed by atoms with Crippen molar-refractivity contribution in [2.24, 2.45) is 0 Å². The molecule has 1 fully saturated rings. The Morgan fingerprint density at radius 1 is 1.03 bits per heavy atom. The van der Waals surface area contributed by atoms with E-state index < -0.39 is 27.8 Å². The highest BCUT2D eigenvalue weighted by Crippen LogP contribution is 2.32. The van der Waals surface area contributed by atoms with E-state index in [2.05, 4.69) is 4.72 Å². The number of benzene rings is 2. The summed E-state index contributed by atoms with van der Waals surface area (Å²) >= 11 is 12.0. The molecule has 2 aromatic carbocycles. The largest absolute Gasteiger partial charge is 0.365 e. The number of carbonyl (C=O) groups excluding carboxylic acids is 3. The number of imide groups is 1. The fourth-order valence-electron chi connectivity index (χ4n) is 2.76. The van der Waals surface area contributed by atoms with Crippen LogP contribution in [0.2, 0.25) is 10.0 Å². The van der Waals surface area contributed by atoms with Crippen LogP contribution in [0.4, 0.5) is 0 Å². The van der Waals surface area contributed by atoms with Crippen LogP contribution in [0.5, 0.6) is 0 Å². The lowest BCUT2D eigenvalue weighted by Crippen LogP contribution is -2.33. The van der Waals surface area contributed by atoms with Gasteiger partial charge in [-0.1, -0.05) is 40.4 Å². The van der Waals surface area contributed by atoms with E-state index in [-0.39, 0.29) is 37.7 Å². The standard InChI is InChI=1S/C18H12Cl2N2O6S/c19-13-8-14(20)15(29(26,27)21-9-5-6-9)7-12(13)18(25)28-22-16(23)10-3-1-2-4-11(10)17(22)24/h1-4,7-9,21H,5-6H2. The molecular weight excluding hydrogens is 443 g/mol. The van der Waals surface area contributed by atoms with Gasteiger partial charge < -0.3 is 4.84 Å². The number of amides is 2. The van der Waals surface area contributed by atoms with Crippen LogP contribution in [0.1, 0.15) is 43.9 Å². The van der Waals surface area contributed by atoms with Crippen LogP contribution < -0.4 is 4.72 Å². The maximum absolute atomic E-state index is 12.6. The van der Waals surface area contributed by atoms with Gasteiger partial charge in [-0.2, -0.15) is 0 Å². The number of nitrogens with one attached hydrogen (secondary N) is 1. The summed E-state index contributed by atoms with van der Waals surface area (Å²) in [5.41, 5.74) is -0.183. The third kappa shape index (κ3) is 3.62. The van der Waals surface area contributed by atoms with Crippen molar-refractivity contribution in [1.29, 1.82) is 0 Å². The van der Waals surface area contributed by atoms with E-state index in [1.54, 1.807) is 12.1 Å². The van der Waals surface area contributed by atoms with Crippen LogP contribution in [-0.4, -0.2) is 37.3 Å². The zero-order valence-electron chi connectivity index (χ0n) is 14.5. The molecule has 1 N–H and O–H groups in total. The Morgan fingerprint density at radius 3 is 2.17 bits per heavy atom. The van der Waals surface area contributed by atoms with Crippen molar-refractivity contribution in [3.63, 3.8) is 0 Å². The summed E-state index contributed by atoms with van der Waals surface area (Å²) in [7, 11) is -3.99. The van der Waals surface area contributed by atoms with Gasteiger partial charge in [-0.3, -0.25) is 9.59 Å². The summed E-state index contributed by atoms with van der Waals surface area (Å²) in [6, 6.07) is 7.84. The Labute approximate surface area is 175 Å². The molecule has 0 radical (unpaired) electrons. The number of fused-ring (bicyclic) bond motifs is 1. The molecule has 1 saturated carbocycles. The number of rotatable bonds is 5. The molecule has 150 valence electrons. The van der Waals surface area contributed by atoms with E-state index in [9.17, 15) is 22.8 Å².